The molecule has 20 heavy (non-hydrogen) atoms. The third kappa shape index (κ3) is 2.23. The van der Waals surface area contributed by atoms with Crippen LogP contribution in [0.4, 0.5) is 0 Å². The van der Waals surface area contributed by atoms with E-state index in [-0.39, 0.29) is 6.04 Å². The van der Waals surface area contributed by atoms with Gasteiger partial charge in [0.15, 0.2) is 0 Å². The molecule has 1 N–H and O–H groups in total. The average Bonchev–Trinajstić information content (AvgIpc) is 2.54. The van der Waals surface area contributed by atoms with Crippen molar-refractivity contribution in [2.45, 2.75) is 12.5 Å². The summed E-state index contributed by atoms with van der Waals surface area (Å²) < 4.78 is 10.9. The third-order valence-electron chi connectivity index (χ3n) is 3.69. The average molecular weight is 270 g/mol. The molecule has 0 saturated carbocycles. The Bertz CT molecular complexity index is 599. The summed E-state index contributed by atoms with van der Waals surface area (Å²) in [5.74, 6) is 1.70. The number of benzene rings is 1. The molecule has 0 radical (unpaired) electrons. The number of aromatic nitrogens is 1. The van der Waals surface area contributed by atoms with Crippen LogP contribution < -0.4 is 14.8 Å². The van der Waals surface area contributed by atoms with Gasteiger partial charge in [-0.15, -0.1) is 0 Å². The molecule has 1 atom stereocenters. The van der Waals surface area contributed by atoms with Gasteiger partial charge in [-0.3, -0.25) is 4.98 Å². The van der Waals surface area contributed by atoms with Crippen LogP contribution in [0.25, 0.3) is 0 Å². The highest BCUT2D eigenvalue weighted by atomic mass is 16.5. The van der Waals surface area contributed by atoms with Gasteiger partial charge in [-0.05, 0) is 30.2 Å². The van der Waals surface area contributed by atoms with Crippen molar-refractivity contribution in [3.8, 4) is 11.5 Å². The number of ether oxygens (including phenoxy) is 2. The first-order valence-corrected chi connectivity index (χ1v) is 6.72. The summed E-state index contributed by atoms with van der Waals surface area (Å²) >= 11 is 0. The van der Waals surface area contributed by atoms with Gasteiger partial charge in [0, 0.05) is 24.4 Å². The summed E-state index contributed by atoms with van der Waals surface area (Å²) in [6.45, 7) is 0.914. The largest absolute Gasteiger partial charge is 0.497 e. The van der Waals surface area contributed by atoms with Gasteiger partial charge in [-0.25, -0.2) is 0 Å². The van der Waals surface area contributed by atoms with E-state index in [0.29, 0.717) is 0 Å². The van der Waals surface area contributed by atoms with E-state index in [0.717, 1.165) is 30.2 Å². The first-order chi connectivity index (χ1) is 9.83. The van der Waals surface area contributed by atoms with Crippen molar-refractivity contribution in [3.05, 3.63) is 53.3 Å². The Kier molecular flexibility index (Phi) is 3.56. The fourth-order valence-corrected chi connectivity index (χ4v) is 2.73. The van der Waals surface area contributed by atoms with Crippen molar-refractivity contribution in [1.82, 2.24) is 10.3 Å². The predicted molar refractivity (Wildman–Crippen MR) is 77.3 cm³/mol. The maximum Gasteiger partial charge on any atom is 0.126 e. The molecule has 0 bridgehead atoms. The Morgan fingerprint density at radius 2 is 2.10 bits per heavy atom. The first kappa shape index (κ1) is 12.9. The maximum atomic E-state index is 5.51. The first-order valence-electron chi connectivity index (χ1n) is 6.72. The Morgan fingerprint density at radius 1 is 1.20 bits per heavy atom. The summed E-state index contributed by atoms with van der Waals surface area (Å²) in [5.41, 5.74) is 3.44. The van der Waals surface area contributed by atoms with Gasteiger partial charge >= 0.3 is 0 Å². The fourth-order valence-electron chi connectivity index (χ4n) is 2.73. The smallest absolute Gasteiger partial charge is 0.126 e. The van der Waals surface area contributed by atoms with Gasteiger partial charge in [0.2, 0.25) is 0 Å². The molecule has 1 unspecified atom stereocenters. The zero-order valence-electron chi connectivity index (χ0n) is 11.7. The number of pyridine rings is 1. The molecule has 4 nitrogen and oxygen atoms in total. The Morgan fingerprint density at radius 3 is 2.80 bits per heavy atom. The van der Waals surface area contributed by atoms with Crippen LogP contribution in [0.1, 0.15) is 22.9 Å². The zero-order valence-corrected chi connectivity index (χ0v) is 11.7. The molecular weight excluding hydrogens is 252 g/mol. The van der Waals surface area contributed by atoms with Gasteiger partial charge in [0.05, 0.1) is 26.0 Å². The molecule has 3 rings (SSSR count). The van der Waals surface area contributed by atoms with E-state index in [1.54, 1.807) is 14.2 Å². The summed E-state index contributed by atoms with van der Waals surface area (Å²) in [6, 6.07) is 10.1. The quantitative estimate of drug-likeness (QED) is 0.929. The van der Waals surface area contributed by atoms with E-state index in [1.807, 2.05) is 30.5 Å². The van der Waals surface area contributed by atoms with Crippen LogP contribution in [0, 0.1) is 0 Å². The van der Waals surface area contributed by atoms with E-state index >= 15 is 0 Å². The maximum absolute atomic E-state index is 5.51. The van der Waals surface area contributed by atoms with Gasteiger partial charge in [0.1, 0.15) is 11.5 Å². The molecule has 1 aliphatic rings. The van der Waals surface area contributed by atoms with Crippen molar-refractivity contribution in [2.24, 2.45) is 0 Å². The Labute approximate surface area is 118 Å². The van der Waals surface area contributed by atoms with Gasteiger partial charge in [-0.1, -0.05) is 6.07 Å². The highest BCUT2D eigenvalue weighted by molar-refractivity contribution is 5.51. The molecule has 2 aromatic rings. The van der Waals surface area contributed by atoms with Crippen LogP contribution in [0.3, 0.4) is 0 Å². The number of nitrogens with one attached hydrogen (secondary N) is 1. The predicted octanol–water partition coefficient (Wildman–Crippen LogP) is 2.33. The van der Waals surface area contributed by atoms with Crippen LogP contribution in [-0.2, 0) is 6.42 Å². The molecule has 0 amide bonds. The standard InChI is InChI=1S/C16H18N2O2/c1-19-11-9-13-12(15(10-11)20-2)6-8-18-16(13)14-5-3-4-7-17-14/h3-5,7,9-10,16,18H,6,8H2,1-2H3. The molecule has 0 fully saturated rings. The van der Waals surface area contributed by atoms with Crippen molar-refractivity contribution >= 4 is 0 Å². The Hall–Kier alpha value is -2.07. The van der Waals surface area contributed by atoms with Crippen LogP contribution in [0.2, 0.25) is 0 Å². The van der Waals surface area contributed by atoms with E-state index in [9.17, 15) is 0 Å². The molecule has 2 heterocycles. The van der Waals surface area contributed by atoms with E-state index in [1.165, 1.54) is 11.1 Å². The minimum atomic E-state index is 0.0870. The summed E-state index contributed by atoms with van der Waals surface area (Å²) in [5, 5.41) is 3.52. The number of nitrogens with zero attached hydrogens (tertiary/aromatic N) is 1. The van der Waals surface area contributed by atoms with Crippen molar-refractivity contribution in [3.63, 3.8) is 0 Å². The van der Waals surface area contributed by atoms with Crippen LogP contribution in [0.15, 0.2) is 36.5 Å². The number of rotatable bonds is 3. The molecule has 0 saturated heterocycles. The van der Waals surface area contributed by atoms with Gasteiger partial charge in [0.25, 0.3) is 0 Å². The summed E-state index contributed by atoms with van der Waals surface area (Å²) in [4.78, 5) is 4.47. The normalized spacial score (nSPS) is 17.4. The molecule has 0 spiro atoms. The van der Waals surface area contributed by atoms with Crippen LogP contribution in [0.5, 0.6) is 11.5 Å². The van der Waals surface area contributed by atoms with Crippen molar-refractivity contribution in [2.75, 3.05) is 20.8 Å². The zero-order chi connectivity index (χ0) is 13.9. The van der Waals surface area contributed by atoms with Crippen LogP contribution in [-0.4, -0.2) is 25.7 Å². The lowest BCUT2D eigenvalue weighted by Crippen LogP contribution is -2.31. The molecule has 4 heteroatoms. The summed E-state index contributed by atoms with van der Waals surface area (Å²) in [6.07, 6.45) is 2.77. The highest BCUT2D eigenvalue weighted by Crippen LogP contribution is 2.36. The highest BCUT2D eigenvalue weighted by Gasteiger charge is 2.25. The second-order valence-electron chi connectivity index (χ2n) is 4.79. The number of hydrogen-bond donors (Lipinski definition) is 1. The lowest BCUT2D eigenvalue weighted by molar-refractivity contribution is 0.384. The lowest BCUT2D eigenvalue weighted by atomic mass is 9.91. The molecule has 104 valence electrons. The van der Waals surface area contributed by atoms with E-state index < -0.39 is 0 Å². The second kappa shape index (κ2) is 5.51. The van der Waals surface area contributed by atoms with E-state index in [4.69, 9.17) is 9.47 Å². The topological polar surface area (TPSA) is 43.4 Å². The minimum absolute atomic E-state index is 0.0870. The minimum Gasteiger partial charge on any atom is -0.497 e. The lowest BCUT2D eigenvalue weighted by Gasteiger charge is -2.28. The molecule has 1 aliphatic heterocycles. The number of hydrogen-bond acceptors (Lipinski definition) is 4. The molecular formula is C16H18N2O2. The van der Waals surface area contributed by atoms with Crippen molar-refractivity contribution in [1.29, 1.82) is 0 Å². The fraction of sp³-hybridized carbons (Fsp3) is 0.312. The number of methoxy groups -OCH3 is 2. The van der Waals surface area contributed by atoms with Gasteiger partial charge < -0.3 is 14.8 Å². The van der Waals surface area contributed by atoms with Crippen molar-refractivity contribution < 1.29 is 9.47 Å². The SMILES string of the molecule is COc1cc(OC)c2c(c1)C(c1ccccn1)NCC2. The Balaban J connectivity index is 2.12. The molecule has 0 aliphatic carbocycles. The molecule has 1 aromatic carbocycles. The second-order valence-corrected chi connectivity index (χ2v) is 4.79. The monoisotopic (exact) mass is 270 g/mol. The third-order valence-corrected chi connectivity index (χ3v) is 3.69. The van der Waals surface area contributed by atoms with E-state index in [2.05, 4.69) is 16.4 Å². The summed E-state index contributed by atoms with van der Waals surface area (Å²) in [7, 11) is 3.38. The van der Waals surface area contributed by atoms with Gasteiger partial charge in [-0.2, -0.15) is 0 Å². The number of fused-ring (bicyclic) bond motifs is 1. The molecule has 1 aromatic heterocycles. The van der Waals surface area contributed by atoms with Crippen LogP contribution >= 0.6 is 0 Å².